The van der Waals surface area contributed by atoms with Crippen LogP contribution in [0.15, 0.2) is 24.3 Å². The molecule has 2 heteroatoms. The van der Waals surface area contributed by atoms with E-state index in [4.69, 9.17) is 16.7 Å². The second kappa shape index (κ2) is 4.48. The molecule has 1 N–H and O–H groups in total. The molecule has 1 rings (SSSR count). The summed E-state index contributed by atoms with van der Waals surface area (Å²) in [5, 5.41) is 9.79. The minimum absolute atomic E-state index is 0.167. The van der Waals surface area contributed by atoms with Gasteiger partial charge in [0.05, 0.1) is 0 Å². The Morgan fingerprint density at radius 2 is 2.08 bits per heavy atom. The molecule has 1 aromatic rings. The topological polar surface area (TPSA) is 20.2 Å². The van der Waals surface area contributed by atoms with E-state index in [1.165, 1.54) is 0 Å². The summed E-state index contributed by atoms with van der Waals surface area (Å²) in [5.74, 6) is 0.179. The number of rotatable bonds is 3. The first-order valence-electron chi connectivity index (χ1n) is 4.14. The second-order valence-corrected chi connectivity index (χ2v) is 3.22. The Bertz CT molecular complexity index is 243. The van der Waals surface area contributed by atoms with Gasteiger partial charge in [-0.2, -0.15) is 0 Å². The fourth-order valence-corrected chi connectivity index (χ4v) is 1.54. The van der Waals surface area contributed by atoms with E-state index in [2.05, 4.69) is 0 Å². The van der Waals surface area contributed by atoms with Crippen molar-refractivity contribution in [2.75, 3.05) is 6.61 Å². The fourth-order valence-electron chi connectivity index (χ4n) is 1.25. The summed E-state index contributed by atoms with van der Waals surface area (Å²) >= 11 is 5.97. The molecule has 0 saturated carbocycles. The third-order valence-electron chi connectivity index (χ3n) is 2.06. The number of benzene rings is 1. The van der Waals surface area contributed by atoms with E-state index in [1.54, 1.807) is 0 Å². The highest BCUT2D eigenvalue weighted by Gasteiger charge is 2.10. The van der Waals surface area contributed by atoms with Gasteiger partial charge in [-0.05, 0) is 18.1 Å². The van der Waals surface area contributed by atoms with Crippen molar-refractivity contribution in [3.05, 3.63) is 34.9 Å². The number of aliphatic hydroxyl groups excluding tert-OH is 1. The van der Waals surface area contributed by atoms with Crippen LogP contribution in [0.3, 0.4) is 0 Å². The van der Waals surface area contributed by atoms with Crippen molar-refractivity contribution in [1.82, 2.24) is 0 Å². The molecule has 1 unspecified atom stereocenters. The molecule has 0 aliphatic heterocycles. The maximum atomic E-state index is 9.05. The molecular weight excluding hydrogens is 172 g/mol. The number of hydrogen-bond donors (Lipinski definition) is 1. The van der Waals surface area contributed by atoms with Gasteiger partial charge < -0.3 is 5.11 Å². The van der Waals surface area contributed by atoms with E-state index < -0.39 is 0 Å². The van der Waals surface area contributed by atoms with Gasteiger partial charge in [0.1, 0.15) is 0 Å². The van der Waals surface area contributed by atoms with Crippen molar-refractivity contribution < 1.29 is 5.11 Å². The van der Waals surface area contributed by atoms with E-state index in [1.807, 2.05) is 31.2 Å². The van der Waals surface area contributed by atoms with Gasteiger partial charge >= 0.3 is 0 Å². The Balaban J connectivity index is 2.92. The molecule has 0 radical (unpaired) electrons. The maximum absolute atomic E-state index is 9.05. The largest absolute Gasteiger partial charge is 0.396 e. The average molecular weight is 185 g/mol. The highest BCUT2D eigenvalue weighted by Crippen LogP contribution is 2.25. The van der Waals surface area contributed by atoms with Crippen LogP contribution in [-0.2, 0) is 0 Å². The Hall–Kier alpha value is -0.530. The standard InChI is InChI=1S/C10H13ClO/c1-2-8(7-12)9-5-3-4-6-10(9)11/h3-6,8,12H,2,7H2,1H3. The number of halogens is 1. The molecule has 1 nitrogen and oxygen atoms in total. The predicted molar refractivity (Wildman–Crippen MR) is 51.6 cm³/mol. The van der Waals surface area contributed by atoms with E-state index in [-0.39, 0.29) is 12.5 Å². The minimum atomic E-state index is 0.167. The Kier molecular flexibility index (Phi) is 3.57. The molecule has 0 fully saturated rings. The van der Waals surface area contributed by atoms with Crippen LogP contribution in [0, 0.1) is 0 Å². The highest BCUT2D eigenvalue weighted by atomic mass is 35.5. The SMILES string of the molecule is CCC(CO)c1ccccc1Cl. The van der Waals surface area contributed by atoms with Crippen LogP contribution in [0.4, 0.5) is 0 Å². The van der Waals surface area contributed by atoms with Gasteiger partial charge in [-0.15, -0.1) is 0 Å². The molecule has 12 heavy (non-hydrogen) atoms. The van der Waals surface area contributed by atoms with Crippen molar-refractivity contribution in [3.63, 3.8) is 0 Å². The summed E-state index contributed by atoms with van der Waals surface area (Å²) in [6.07, 6.45) is 0.917. The van der Waals surface area contributed by atoms with E-state index in [9.17, 15) is 0 Å². The summed E-state index contributed by atoms with van der Waals surface area (Å²) in [6.45, 7) is 2.21. The summed E-state index contributed by atoms with van der Waals surface area (Å²) in [7, 11) is 0. The van der Waals surface area contributed by atoms with Crippen LogP contribution in [0.2, 0.25) is 5.02 Å². The van der Waals surface area contributed by atoms with Crippen LogP contribution in [0.1, 0.15) is 24.8 Å². The lowest BCUT2D eigenvalue weighted by molar-refractivity contribution is 0.262. The minimum Gasteiger partial charge on any atom is -0.396 e. The first-order chi connectivity index (χ1) is 5.79. The molecular formula is C10H13ClO. The van der Waals surface area contributed by atoms with E-state index in [0.29, 0.717) is 0 Å². The van der Waals surface area contributed by atoms with Crippen molar-refractivity contribution in [2.45, 2.75) is 19.3 Å². The molecule has 0 aliphatic rings. The van der Waals surface area contributed by atoms with E-state index >= 15 is 0 Å². The van der Waals surface area contributed by atoms with Crippen LogP contribution in [0.5, 0.6) is 0 Å². The normalized spacial score (nSPS) is 12.9. The van der Waals surface area contributed by atoms with Crippen LogP contribution in [-0.4, -0.2) is 11.7 Å². The van der Waals surface area contributed by atoms with E-state index in [0.717, 1.165) is 17.0 Å². The molecule has 0 aromatic heterocycles. The average Bonchev–Trinajstić information content (AvgIpc) is 2.10. The first kappa shape index (κ1) is 9.56. The monoisotopic (exact) mass is 184 g/mol. The first-order valence-corrected chi connectivity index (χ1v) is 4.52. The molecule has 0 saturated heterocycles. The van der Waals surface area contributed by atoms with Crippen molar-refractivity contribution in [3.8, 4) is 0 Å². The van der Waals surface area contributed by atoms with Gasteiger partial charge in [-0.3, -0.25) is 0 Å². The molecule has 66 valence electrons. The molecule has 0 bridgehead atoms. The predicted octanol–water partition coefficient (Wildman–Crippen LogP) is 2.83. The molecule has 0 spiro atoms. The summed E-state index contributed by atoms with van der Waals surface area (Å²) in [5.41, 5.74) is 1.05. The lowest BCUT2D eigenvalue weighted by atomic mass is 9.98. The molecule has 1 atom stereocenters. The zero-order valence-corrected chi connectivity index (χ0v) is 7.88. The molecule has 1 aromatic carbocycles. The summed E-state index contributed by atoms with van der Waals surface area (Å²) < 4.78 is 0. The van der Waals surface area contributed by atoms with Gasteiger partial charge in [0, 0.05) is 17.5 Å². The van der Waals surface area contributed by atoms with Crippen LogP contribution in [0.25, 0.3) is 0 Å². The lowest BCUT2D eigenvalue weighted by Crippen LogP contribution is -2.02. The molecule has 0 aliphatic carbocycles. The fraction of sp³-hybridized carbons (Fsp3) is 0.400. The Morgan fingerprint density at radius 1 is 1.42 bits per heavy atom. The van der Waals surface area contributed by atoms with Gasteiger partial charge in [-0.25, -0.2) is 0 Å². The third kappa shape index (κ3) is 1.99. The smallest absolute Gasteiger partial charge is 0.0500 e. The quantitative estimate of drug-likeness (QED) is 0.766. The third-order valence-corrected chi connectivity index (χ3v) is 2.40. The Labute approximate surface area is 78.0 Å². The number of aliphatic hydroxyl groups is 1. The summed E-state index contributed by atoms with van der Waals surface area (Å²) in [4.78, 5) is 0. The zero-order valence-electron chi connectivity index (χ0n) is 7.13. The number of hydrogen-bond acceptors (Lipinski definition) is 1. The van der Waals surface area contributed by atoms with Crippen molar-refractivity contribution in [1.29, 1.82) is 0 Å². The van der Waals surface area contributed by atoms with Gasteiger partial charge in [0.15, 0.2) is 0 Å². The second-order valence-electron chi connectivity index (χ2n) is 2.81. The van der Waals surface area contributed by atoms with Crippen LogP contribution >= 0.6 is 11.6 Å². The maximum Gasteiger partial charge on any atom is 0.0500 e. The Morgan fingerprint density at radius 3 is 2.58 bits per heavy atom. The van der Waals surface area contributed by atoms with Crippen LogP contribution < -0.4 is 0 Å². The molecule has 0 amide bonds. The molecule has 0 heterocycles. The van der Waals surface area contributed by atoms with Crippen molar-refractivity contribution >= 4 is 11.6 Å². The lowest BCUT2D eigenvalue weighted by Gasteiger charge is -2.12. The van der Waals surface area contributed by atoms with Crippen molar-refractivity contribution in [2.24, 2.45) is 0 Å². The van der Waals surface area contributed by atoms with Gasteiger partial charge in [0.25, 0.3) is 0 Å². The van der Waals surface area contributed by atoms with Gasteiger partial charge in [-0.1, -0.05) is 36.7 Å². The zero-order chi connectivity index (χ0) is 8.97. The van der Waals surface area contributed by atoms with Gasteiger partial charge in [0.2, 0.25) is 0 Å². The highest BCUT2D eigenvalue weighted by molar-refractivity contribution is 6.31. The summed E-state index contributed by atoms with van der Waals surface area (Å²) in [6, 6.07) is 7.66.